The van der Waals surface area contributed by atoms with Crippen LogP contribution in [0.3, 0.4) is 0 Å². The second kappa shape index (κ2) is 10.8. The summed E-state index contributed by atoms with van der Waals surface area (Å²) in [5.74, 6) is 0.405. The fourth-order valence-corrected chi connectivity index (χ4v) is 4.82. The monoisotopic (exact) mass is 471 g/mol. The molecule has 0 aliphatic carbocycles. The summed E-state index contributed by atoms with van der Waals surface area (Å²) in [6.07, 6.45) is 5.09. The van der Waals surface area contributed by atoms with Crippen LogP contribution in [0.4, 0.5) is 9.59 Å². The van der Waals surface area contributed by atoms with Crippen molar-refractivity contribution in [3.05, 3.63) is 47.5 Å². The molecule has 2 N–H and O–H groups in total. The van der Waals surface area contributed by atoms with Gasteiger partial charge in [-0.05, 0) is 71.8 Å². The average molecular weight is 472 g/mol. The van der Waals surface area contributed by atoms with Gasteiger partial charge in [-0.25, -0.2) is 9.59 Å². The zero-order chi connectivity index (χ0) is 24.9. The smallest absolute Gasteiger partial charge is 0.410 e. The minimum atomic E-state index is -0.497. The molecule has 0 saturated carbocycles. The van der Waals surface area contributed by atoms with Crippen molar-refractivity contribution >= 4 is 12.2 Å². The number of nitrogens with zero attached hydrogens (tertiary/aromatic N) is 2. The van der Waals surface area contributed by atoms with Gasteiger partial charge in [0.1, 0.15) is 12.2 Å². The number of hydrogen-bond acceptors (Lipinski definition) is 5. The summed E-state index contributed by atoms with van der Waals surface area (Å²) in [5.41, 5.74) is 7.98. The van der Waals surface area contributed by atoms with Crippen molar-refractivity contribution in [2.45, 2.75) is 84.1 Å². The van der Waals surface area contributed by atoms with Crippen LogP contribution in [0.15, 0.2) is 42.0 Å². The molecule has 1 aromatic carbocycles. The third-order valence-corrected chi connectivity index (χ3v) is 6.64. The zero-order valence-corrected chi connectivity index (χ0v) is 21.4. The number of carbonyl (C=O) groups excluding carboxylic acids is 2. The molecule has 7 nitrogen and oxygen atoms in total. The summed E-state index contributed by atoms with van der Waals surface area (Å²) in [6.45, 7) is 12.0. The van der Waals surface area contributed by atoms with Gasteiger partial charge >= 0.3 is 12.2 Å². The van der Waals surface area contributed by atoms with Crippen LogP contribution in [0.25, 0.3) is 0 Å². The number of ether oxygens (including phenoxy) is 2. The van der Waals surface area contributed by atoms with Crippen molar-refractivity contribution in [1.29, 1.82) is 0 Å². The zero-order valence-electron chi connectivity index (χ0n) is 21.4. The Morgan fingerprint density at radius 3 is 2.50 bits per heavy atom. The summed E-state index contributed by atoms with van der Waals surface area (Å²) in [5, 5.41) is 0. The molecule has 0 spiro atoms. The second-order valence-electron chi connectivity index (χ2n) is 11.2. The third kappa shape index (κ3) is 7.23. The highest BCUT2D eigenvalue weighted by Crippen LogP contribution is 2.36. The molecule has 1 fully saturated rings. The maximum Gasteiger partial charge on any atom is 0.410 e. The van der Waals surface area contributed by atoms with Crippen LogP contribution < -0.4 is 5.73 Å². The fraction of sp³-hybridized carbons (Fsp3) is 0.630. The minimum absolute atomic E-state index is 0.0267. The van der Waals surface area contributed by atoms with Crippen LogP contribution in [0, 0.1) is 5.92 Å². The summed E-state index contributed by atoms with van der Waals surface area (Å²) in [7, 11) is 0. The van der Waals surface area contributed by atoms with Gasteiger partial charge in [-0.15, -0.1) is 0 Å². The first-order chi connectivity index (χ1) is 15.9. The van der Waals surface area contributed by atoms with Crippen LogP contribution in [0.2, 0.25) is 0 Å². The van der Waals surface area contributed by atoms with Gasteiger partial charge in [0.05, 0.1) is 0 Å². The van der Waals surface area contributed by atoms with Crippen LogP contribution in [0.1, 0.15) is 65.9 Å². The maximum atomic E-state index is 12.6. The number of hydrogen-bond donors (Lipinski definition) is 1. The van der Waals surface area contributed by atoms with E-state index < -0.39 is 5.60 Å². The first-order valence-corrected chi connectivity index (χ1v) is 12.4. The minimum Gasteiger partial charge on any atom is -0.445 e. The van der Waals surface area contributed by atoms with Gasteiger partial charge in [0, 0.05) is 31.2 Å². The molecule has 2 heterocycles. The third-order valence-electron chi connectivity index (χ3n) is 6.64. The average Bonchev–Trinajstić information content (AvgIpc) is 3.10. The summed E-state index contributed by atoms with van der Waals surface area (Å²) < 4.78 is 11.1. The lowest BCUT2D eigenvalue weighted by atomic mass is 9.89. The molecular formula is C27H41N3O4. The number of nitrogens with two attached hydrogens (primary N) is 1. The van der Waals surface area contributed by atoms with E-state index in [4.69, 9.17) is 15.2 Å². The molecule has 188 valence electrons. The van der Waals surface area contributed by atoms with Crippen molar-refractivity contribution in [3.63, 3.8) is 0 Å². The maximum absolute atomic E-state index is 12.6. The SMILES string of the molecule is CC(C)(C)OC(=O)N1C[C@@H](CCC(N)C2=CCN(C(=O)OCc3ccccc3)CC2)CC1(C)C. The molecule has 3 rings (SSSR count). The van der Waals surface area contributed by atoms with Crippen LogP contribution in [0.5, 0.6) is 0 Å². The highest BCUT2D eigenvalue weighted by atomic mass is 16.6. The van der Waals surface area contributed by atoms with E-state index >= 15 is 0 Å². The van der Waals surface area contributed by atoms with E-state index in [2.05, 4.69) is 19.9 Å². The Labute approximate surface area is 204 Å². The van der Waals surface area contributed by atoms with Gasteiger partial charge in [0.2, 0.25) is 0 Å². The molecule has 0 radical (unpaired) electrons. The van der Waals surface area contributed by atoms with Crippen molar-refractivity contribution < 1.29 is 19.1 Å². The molecule has 2 aliphatic rings. The van der Waals surface area contributed by atoms with Gasteiger partial charge in [-0.2, -0.15) is 0 Å². The topological polar surface area (TPSA) is 85.1 Å². The Bertz CT molecular complexity index is 876. The highest BCUT2D eigenvalue weighted by molar-refractivity contribution is 5.69. The molecule has 7 heteroatoms. The number of amides is 2. The molecule has 2 aliphatic heterocycles. The quantitative estimate of drug-likeness (QED) is 0.584. The lowest BCUT2D eigenvalue weighted by Gasteiger charge is -2.33. The standard InChI is InChI=1S/C27H41N3O4/c1-26(2,3)34-25(32)30-18-21(17-27(30,4)5)11-12-23(28)22-13-15-29(16-14-22)24(31)33-19-20-9-7-6-8-10-20/h6-10,13,21,23H,11-12,14-19,28H2,1-5H3/t21-,23?/m0/s1. The molecule has 1 aromatic rings. The van der Waals surface area contributed by atoms with Crippen LogP contribution >= 0.6 is 0 Å². The van der Waals surface area contributed by atoms with E-state index in [9.17, 15) is 9.59 Å². The molecule has 1 saturated heterocycles. The first-order valence-electron chi connectivity index (χ1n) is 12.4. The van der Waals surface area contributed by atoms with E-state index in [1.165, 1.54) is 5.57 Å². The van der Waals surface area contributed by atoms with E-state index in [1.807, 2.05) is 56.0 Å². The van der Waals surface area contributed by atoms with E-state index in [1.54, 1.807) is 4.90 Å². The molecule has 0 bridgehead atoms. The summed E-state index contributed by atoms with van der Waals surface area (Å²) >= 11 is 0. The van der Waals surface area contributed by atoms with Crippen molar-refractivity contribution in [2.75, 3.05) is 19.6 Å². The normalized spacial score (nSPS) is 21.1. The molecular weight excluding hydrogens is 430 g/mol. The highest BCUT2D eigenvalue weighted by Gasteiger charge is 2.42. The molecule has 1 unspecified atom stereocenters. The summed E-state index contributed by atoms with van der Waals surface area (Å²) in [6, 6.07) is 9.67. The van der Waals surface area contributed by atoms with Crippen molar-refractivity contribution in [3.8, 4) is 0 Å². The lowest BCUT2D eigenvalue weighted by molar-refractivity contribution is 0.0130. The number of rotatable bonds is 6. The van der Waals surface area contributed by atoms with Crippen LogP contribution in [-0.2, 0) is 16.1 Å². The number of carbonyl (C=O) groups is 2. The number of likely N-dealkylation sites (tertiary alicyclic amines) is 1. The Kier molecular flexibility index (Phi) is 8.29. The van der Waals surface area contributed by atoms with E-state index in [-0.39, 0.29) is 30.4 Å². The predicted octanol–water partition coefficient (Wildman–Crippen LogP) is 5.10. The Hall–Kier alpha value is -2.54. The first kappa shape index (κ1) is 26.1. The van der Waals surface area contributed by atoms with E-state index in [0.717, 1.165) is 31.2 Å². The largest absolute Gasteiger partial charge is 0.445 e. The van der Waals surface area contributed by atoms with Gasteiger partial charge in [0.15, 0.2) is 0 Å². The molecule has 2 atom stereocenters. The van der Waals surface area contributed by atoms with Crippen molar-refractivity contribution in [2.24, 2.45) is 11.7 Å². The van der Waals surface area contributed by atoms with Gasteiger partial charge in [-0.3, -0.25) is 0 Å². The van der Waals surface area contributed by atoms with E-state index in [0.29, 0.717) is 25.6 Å². The fourth-order valence-electron chi connectivity index (χ4n) is 4.82. The van der Waals surface area contributed by atoms with Crippen molar-refractivity contribution in [1.82, 2.24) is 9.80 Å². The lowest BCUT2D eigenvalue weighted by Crippen LogP contribution is -2.45. The molecule has 34 heavy (non-hydrogen) atoms. The van der Waals surface area contributed by atoms with Gasteiger partial charge in [-0.1, -0.05) is 42.0 Å². The second-order valence-corrected chi connectivity index (χ2v) is 11.2. The molecule has 2 amide bonds. The van der Waals surface area contributed by atoms with Gasteiger partial charge < -0.3 is 25.0 Å². The molecule has 0 aromatic heterocycles. The van der Waals surface area contributed by atoms with Crippen LogP contribution in [-0.4, -0.2) is 58.8 Å². The Balaban J connectivity index is 1.44. The predicted molar refractivity (Wildman–Crippen MR) is 133 cm³/mol. The van der Waals surface area contributed by atoms with Gasteiger partial charge in [0.25, 0.3) is 0 Å². The number of benzene rings is 1. The summed E-state index contributed by atoms with van der Waals surface area (Å²) in [4.78, 5) is 28.6. The Morgan fingerprint density at radius 1 is 1.18 bits per heavy atom. The Morgan fingerprint density at radius 2 is 1.88 bits per heavy atom.